The van der Waals surface area contributed by atoms with Crippen LogP contribution in [0.25, 0.3) is 0 Å². The molecule has 1 aromatic rings. The van der Waals surface area contributed by atoms with Gasteiger partial charge in [-0.3, -0.25) is 9.69 Å². The van der Waals surface area contributed by atoms with Crippen molar-refractivity contribution in [1.29, 1.82) is 0 Å². The molecule has 1 spiro atoms. The summed E-state index contributed by atoms with van der Waals surface area (Å²) >= 11 is 1.66. The van der Waals surface area contributed by atoms with Crippen molar-refractivity contribution in [1.82, 2.24) is 10.2 Å². The maximum atomic E-state index is 12.5. The van der Waals surface area contributed by atoms with Crippen LogP contribution in [0.1, 0.15) is 12.0 Å². The van der Waals surface area contributed by atoms with E-state index in [2.05, 4.69) is 5.32 Å². The molecule has 0 bridgehead atoms. The Morgan fingerprint density at radius 3 is 2.78 bits per heavy atom. The molecule has 0 saturated carbocycles. The predicted octanol–water partition coefficient (Wildman–Crippen LogP) is 1.16. The van der Waals surface area contributed by atoms with Gasteiger partial charge in [0.05, 0.1) is 6.54 Å². The smallest absolute Gasteiger partial charge is 0.325 e. The molecule has 0 unspecified atom stereocenters. The number of aryl methyl sites for hydroxylation is 1. The Labute approximate surface area is 139 Å². The van der Waals surface area contributed by atoms with Crippen LogP contribution in [0.4, 0.5) is 4.79 Å². The minimum absolute atomic E-state index is 0.0296. The Hall–Kier alpha value is -1.73. The Bertz CT molecular complexity index is 599. The molecule has 0 aliphatic carbocycles. The van der Waals surface area contributed by atoms with Gasteiger partial charge in [0.1, 0.15) is 24.0 Å². The first-order valence-corrected chi connectivity index (χ1v) is 8.75. The summed E-state index contributed by atoms with van der Waals surface area (Å²) in [5, 5.41) is 12.9. The average molecular weight is 336 g/mol. The third kappa shape index (κ3) is 3.30. The van der Waals surface area contributed by atoms with Crippen molar-refractivity contribution in [2.45, 2.75) is 25.0 Å². The third-order valence-corrected chi connectivity index (χ3v) is 5.31. The van der Waals surface area contributed by atoms with Gasteiger partial charge in [-0.05, 0) is 31.2 Å². The van der Waals surface area contributed by atoms with Crippen LogP contribution in [-0.4, -0.2) is 58.2 Å². The van der Waals surface area contributed by atoms with Crippen molar-refractivity contribution in [3.63, 3.8) is 0 Å². The van der Waals surface area contributed by atoms with Crippen molar-refractivity contribution in [2.75, 3.05) is 24.7 Å². The number of aliphatic hydroxyl groups is 1. The number of imide groups is 1. The summed E-state index contributed by atoms with van der Waals surface area (Å²) in [7, 11) is 0. The average Bonchev–Trinajstić information content (AvgIpc) is 3.08. The minimum atomic E-state index is -0.921. The zero-order chi connectivity index (χ0) is 16.4. The van der Waals surface area contributed by atoms with Gasteiger partial charge < -0.3 is 15.2 Å². The Kier molecular flexibility index (Phi) is 4.50. The summed E-state index contributed by atoms with van der Waals surface area (Å²) in [6.07, 6.45) is -0.274. The quantitative estimate of drug-likeness (QED) is 0.789. The number of hydrogen-bond donors (Lipinski definition) is 2. The fraction of sp³-hybridized carbons (Fsp3) is 0.500. The van der Waals surface area contributed by atoms with E-state index in [-0.39, 0.29) is 19.1 Å². The number of rotatable bonds is 5. The first-order chi connectivity index (χ1) is 11.0. The molecule has 2 N–H and O–H groups in total. The summed E-state index contributed by atoms with van der Waals surface area (Å²) < 4.78 is 5.50. The number of hydrogen-bond acceptors (Lipinski definition) is 5. The number of nitrogens with one attached hydrogen (secondary N) is 1. The van der Waals surface area contributed by atoms with Crippen molar-refractivity contribution >= 4 is 23.7 Å². The van der Waals surface area contributed by atoms with E-state index in [4.69, 9.17) is 4.74 Å². The summed E-state index contributed by atoms with van der Waals surface area (Å²) in [4.78, 5) is 25.6. The molecule has 2 aliphatic rings. The van der Waals surface area contributed by atoms with Crippen LogP contribution in [0, 0.1) is 6.92 Å². The van der Waals surface area contributed by atoms with Gasteiger partial charge in [-0.25, -0.2) is 4.79 Å². The standard InChI is InChI=1S/C16H20N2O4S/c1-11-2-4-13(5-3-11)22-9-12(19)8-18-14(20)16(17-15(18)21)6-7-23-10-16/h2-5,12,19H,6-10H2,1H3,(H,17,21)/t12-,16-/m1/s1. The maximum Gasteiger partial charge on any atom is 0.325 e. The molecule has 6 nitrogen and oxygen atoms in total. The summed E-state index contributed by atoms with van der Waals surface area (Å²) in [5.41, 5.74) is 0.358. The van der Waals surface area contributed by atoms with E-state index in [1.807, 2.05) is 31.2 Å². The molecule has 1 aromatic carbocycles. The van der Waals surface area contributed by atoms with Crippen LogP contribution < -0.4 is 10.1 Å². The highest BCUT2D eigenvalue weighted by atomic mass is 32.2. The van der Waals surface area contributed by atoms with Crippen molar-refractivity contribution in [3.05, 3.63) is 29.8 Å². The molecule has 124 valence electrons. The molecule has 2 saturated heterocycles. The lowest BCUT2D eigenvalue weighted by Crippen LogP contribution is -2.47. The van der Waals surface area contributed by atoms with Gasteiger partial charge in [0.25, 0.3) is 5.91 Å². The van der Waals surface area contributed by atoms with E-state index >= 15 is 0 Å². The summed E-state index contributed by atoms with van der Waals surface area (Å²) in [5.74, 6) is 1.88. The molecule has 2 heterocycles. The molecular formula is C16H20N2O4S. The SMILES string of the molecule is Cc1ccc(OC[C@H](O)CN2C(=O)N[C@@]3(CCSC3)C2=O)cc1. The highest BCUT2D eigenvalue weighted by Gasteiger charge is 2.53. The van der Waals surface area contributed by atoms with Crippen LogP contribution in [0.15, 0.2) is 24.3 Å². The minimum Gasteiger partial charge on any atom is -0.491 e. The fourth-order valence-corrected chi connectivity index (χ4v) is 4.09. The number of carbonyl (C=O) groups excluding carboxylic acids is 2. The van der Waals surface area contributed by atoms with E-state index < -0.39 is 17.7 Å². The third-order valence-electron chi connectivity index (χ3n) is 4.12. The van der Waals surface area contributed by atoms with Gasteiger partial charge in [-0.15, -0.1) is 0 Å². The molecule has 7 heteroatoms. The zero-order valence-corrected chi connectivity index (χ0v) is 13.8. The number of β-amino-alcohol motifs (C(OH)–C–C–N with tert-alkyl or cyclic N) is 1. The topological polar surface area (TPSA) is 78.9 Å². The number of benzene rings is 1. The lowest BCUT2D eigenvalue weighted by molar-refractivity contribution is -0.131. The molecule has 3 amide bonds. The van der Waals surface area contributed by atoms with Crippen LogP contribution >= 0.6 is 11.8 Å². The van der Waals surface area contributed by atoms with Gasteiger partial charge in [0.15, 0.2) is 0 Å². The summed E-state index contributed by atoms with van der Waals surface area (Å²) in [6.45, 7) is 1.96. The Balaban J connectivity index is 1.55. The first-order valence-electron chi connectivity index (χ1n) is 7.60. The predicted molar refractivity (Wildman–Crippen MR) is 87.6 cm³/mol. The fourth-order valence-electron chi connectivity index (χ4n) is 2.76. The molecule has 23 heavy (non-hydrogen) atoms. The molecule has 2 aliphatic heterocycles. The van der Waals surface area contributed by atoms with Crippen molar-refractivity contribution in [3.8, 4) is 5.75 Å². The summed E-state index contributed by atoms with van der Waals surface area (Å²) in [6, 6.07) is 7.05. The molecule has 0 radical (unpaired) electrons. The van der Waals surface area contributed by atoms with Crippen LogP contribution in [-0.2, 0) is 4.79 Å². The lowest BCUT2D eigenvalue weighted by Gasteiger charge is -2.21. The Morgan fingerprint density at radius 1 is 1.39 bits per heavy atom. The number of carbonyl (C=O) groups is 2. The molecule has 2 atom stereocenters. The van der Waals surface area contributed by atoms with Gasteiger partial charge in [0, 0.05) is 5.75 Å². The second-order valence-corrected chi connectivity index (χ2v) is 7.11. The Morgan fingerprint density at radius 2 is 2.13 bits per heavy atom. The monoisotopic (exact) mass is 336 g/mol. The van der Waals surface area contributed by atoms with E-state index in [0.717, 1.165) is 16.2 Å². The van der Waals surface area contributed by atoms with E-state index in [1.165, 1.54) is 0 Å². The van der Waals surface area contributed by atoms with Crippen molar-refractivity contribution in [2.24, 2.45) is 0 Å². The molecule has 0 aromatic heterocycles. The van der Waals surface area contributed by atoms with Crippen molar-refractivity contribution < 1.29 is 19.4 Å². The highest BCUT2D eigenvalue weighted by molar-refractivity contribution is 7.99. The molecular weight excluding hydrogens is 316 g/mol. The van der Waals surface area contributed by atoms with Gasteiger partial charge in [-0.2, -0.15) is 11.8 Å². The number of nitrogens with zero attached hydrogens (tertiary/aromatic N) is 1. The van der Waals surface area contributed by atoms with Gasteiger partial charge in [0.2, 0.25) is 0 Å². The number of aliphatic hydroxyl groups excluding tert-OH is 1. The van der Waals surface area contributed by atoms with Crippen LogP contribution in [0.5, 0.6) is 5.75 Å². The second kappa shape index (κ2) is 6.41. The number of urea groups is 1. The van der Waals surface area contributed by atoms with Crippen LogP contribution in [0.3, 0.4) is 0 Å². The normalized spacial score (nSPS) is 25.0. The largest absolute Gasteiger partial charge is 0.491 e. The second-order valence-electron chi connectivity index (χ2n) is 6.01. The lowest BCUT2D eigenvalue weighted by atomic mass is 9.99. The first kappa shape index (κ1) is 16.1. The van der Waals surface area contributed by atoms with E-state index in [1.54, 1.807) is 11.8 Å². The van der Waals surface area contributed by atoms with Gasteiger partial charge >= 0.3 is 6.03 Å². The number of ether oxygens (including phenoxy) is 1. The number of amides is 3. The molecule has 2 fully saturated rings. The zero-order valence-electron chi connectivity index (χ0n) is 12.9. The van der Waals surface area contributed by atoms with Gasteiger partial charge in [-0.1, -0.05) is 17.7 Å². The number of thioether (sulfide) groups is 1. The maximum absolute atomic E-state index is 12.5. The van der Waals surface area contributed by atoms with E-state index in [9.17, 15) is 14.7 Å². The van der Waals surface area contributed by atoms with E-state index in [0.29, 0.717) is 17.9 Å². The molecule has 3 rings (SSSR count). The highest BCUT2D eigenvalue weighted by Crippen LogP contribution is 2.33. The van der Waals surface area contributed by atoms with Crippen LogP contribution in [0.2, 0.25) is 0 Å².